The number of anilines is 1. The van der Waals surface area contributed by atoms with Crippen molar-refractivity contribution in [2.45, 2.75) is 45.1 Å². The molecular formula is C26H37N5O5. The smallest absolute Gasteiger partial charge is 0.325 e. The topological polar surface area (TPSA) is 102 Å². The Balaban J connectivity index is 1.44. The molecule has 3 saturated heterocycles. The third-order valence-corrected chi connectivity index (χ3v) is 7.61. The normalized spacial score (nSPS) is 20.1. The molecule has 0 radical (unpaired) electrons. The zero-order chi connectivity index (χ0) is 25.7. The zero-order valence-electron chi connectivity index (χ0n) is 21.3. The summed E-state index contributed by atoms with van der Waals surface area (Å²) in [5.74, 6) is 0.0794. The summed E-state index contributed by atoms with van der Waals surface area (Å²) in [5, 5.41) is 2.60. The van der Waals surface area contributed by atoms with Crippen molar-refractivity contribution in [3.63, 3.8) is 0 Å². The van der Waals surface area contributed by atoms with Crippen molar-refractivity contribution in [1.29, 1.82) is 0 Å². The van der Waals surface area contributed by atoms with Crippen LogP contribution in [0.3, 0.4) is 0 Å². The second-order valence-electron chi connectivity index (χ2n) is 9.95. The Morgan fingerprint density at radius 3 is 2.33 bits per heavy atom. The van der Waals surface area contributed by atoms with Crippen LogP contribution >= 0.6 is 0 Å². The highest BCUT2D eigenvalue weighted by Crippen LogP contribution is 2.39. The fourth-order valence-electron chi connectivity index (χ4n) is 5.39. The minimum Gasteiger partial charge on any atom is -0.465 e. The van der Waals surface area contributed by atoms with Crippen molar-refractivity contribution < 1.29 is 23.9 Å². The van der Waals surface area contributed by atoms with E-state index in [1.807, 2.05) is 35.2 Å². The van der Waals surface area contributed by atoms with E-state index in [9.17, 15) is 19.2 Å². The quantitative estimate of drug-likeness (QED) is 0.598. The second kappa shape index (κ2) is 11.2. The summed E-state index contributed by atoms with van der Waals surface area (Å²) >= 11 is 0. The first-order valence-electron chi connectivity index (χ1n) is 12.9. The minimum atomic E-state index is -0.810. The van der Waals surface area contributed by atoms with Crippen LogP contribution in [-0.4, -0.2) is 96.6 Å². The van der Waals surface area contributed by atoms with Gasteiger partial charge in [-0.2, -0.15) is 0 Å². The Hall–Kier alpha value is -3.30. The number of carbonyl (C=O) groups excluding carboxylic acids is 4. The number of esters is 1. The third kappa shape index (κ3) is 5.42. The van der Waals surface area contributed by atoms with Gasteiger partial charge in [-0.3, -0.25) is 14.4 Å². The van der Waals surface area contributed by atoms with E-state index in [0.29, 0.717) is 38.5 Å². The van der Waals surface area contributed by atoms with Gasteiger partial charge in [0, 0.05) is 31.9 Å². The zero-order valence-corrected chi connectivity index (χ0v) is 21.3. The number of rotatable bonds is 6. The van der Waals surface area contributed by atoms with Crippen LogP contribution in [0.4, 0.5) is 10.5 Å². The molecule has 1 spiro atoms. The van der Waals surface area contributed by atoms with Gasteiger partial charge in [-0.25, -0.2) is 4.79 Å². The lowest BCUT2D eigenvalue weighted by Crippen LogP contribution is -2.58. The number of para-hydroxylation sites is 1. The van der Waals surface area contributed by atoms with E-state index in [4.69, 9.17) is 4.74 Å². The molecule has 4 rings (SSSR count). The first-order valence-corrected chi connectivity index (χ1v) is 12.9. The third-order valence-electron chi connectivity index (χ3n) is 7.61. The van der Waals surface area contributed by atoms with Gasteiger partial charge in [0.1, 0.15) is 18.6 Å². The Morgan fingerprint density at radius 2 is 1.69 bits per heavy atom. The number of urea groups is 1. The Labute approximate surface area is 212 Å². The van der Waals surface area contributed by atoms with E-state index in [1.54, 1.807) is 16.7 Å². The summed E-state index contributed by atoms with van der Waals surface area (Å²) in [5.41, 5.74) is 0.114. The largest absolute Gasteiger partial charge is 0.465 e. The summed E-state index contributed by atoms with van der Waals surface area (Å²) in [6, 6.07) is 9.42. The number of benzene rings is 1. The highest BCUT2D eigenvalue weighted by atomic mass is 16.5. The molecule has 0 aromatic heterocycles. The first-order chi connectivity index (χ1) is 17.3. The average Bonchev–Trinajstić information content (AvgIpc) is 3.15. The molecule has 0 aliphatic carbocycles. The molecule has 4 amide bonds. The number of piperidine rings is 2. The molecule has 36 heavy (non-hydrogen) atoms. The number of hydrogen-bond acceptors (Lipinski definition) is 6. The van der Waals surface area contributed by atoms with Gasteiger partial charge in [0.15, 0.2) is 0 Å². The van der Waals surface area contributed by atoms with Gasteiger partial charge in [-0.15, -0.1) is 0 Å². The lowest BCUT2D eigenvalue weighted by molar-refractivity contribution is -0.142. The molecule has 3 aliphatic heterocycles. The molecule has 3 aliphatic rings. The molecule has 0 atom stereocenters. The molecule has 1 aromatic carbocycles. The predicted molar refractivity (Wildman–Crippen MR) is 134 cm³/mol. The maximum absolute atomic E-state index is 13.8. The molecule has 0 bridgehead atoms. The van der Waals surface area contributed by atoms with Crippen LogP contribution in [0.25, 0.3) is 0 Å². The molecular weight excluding hydrogens is 462 g/mol. The summed E-state index contributed by atoms with van der Waals surface area (Å²) in [6.45, 7) is 6.63. The predicted octanol–water partition coefficient (Wildman–Crippen LogP) is 1.66. The lowest BCUT2D eigenvalue weighted by atomic mass is 9.85. The van der Waals surface area contributed by atoms with Crippen LogP contribution in [0, 0.1) is 5.92 Å². The van der Waals surface area contributed by atoms with Gasteiger partial charge in [0.2, 0.25) is 5.91 Å². The molecule has 1 N–H and O–H groups in total. The van der Waals surface area contributed by atoms with Crippen molar-refractivity contribution >= 4 is 29.5 Å². The molecule has 10 heteroatoms. The lowest BCUT2D eigenvalue weighted by Gasteiger charge is -2.43. The van der Waals surface area contributed by atoms with Crippen LogP contribution in [0.15, 0.2) is 30.3 Å². The van der Waals surface area contributed by atoms with Crippen molar-refractivity contribution in [1.82, 2.24) is 20.0 Å². The molecule has 196 valence electrons. The van der Waals surface area contributed by atoms with Crippen LogP contribution < -0.4 is 10.2 Å². The second-order valence-corrected chi connectivity index (χ2v) is 9.95. The maximum atomic E-state index is 13.8. The maximum Gasteiger partial charge on any atom is 0.325 e. The molecule has 0 saturated carbocycles. The number of likely N-dealkylation sites (tertiary alicyclic amines) is 2. The van der Waals surface area contributed by atoms with Crippen LogP contribution in [0.5, 0.6) is 0 Å². The molecule has 10 nitrogen and oxygen atoms in total. The summed E-state index contributed by atoms with van der Waals surface area (Å²) < 4.78 is 4.87. The molecule has 0 unspecified atom stereocenters. The van der Waals surface area contributed by atoms with Gasteiger partial charge in [-0.1, -0.05) is 25.1 Å². The van der Waals surface area contributed by atoms with Crippen LogP contribution in [0.1, 0.15) is 39.5 Å². The fraction of sp³-hybridized carbons (Fsp3) is 0.615. The van der Waals surface area contributed by atoms with Crippen LogP contribution in [0.2, 0.25) is 0 Å². The number of hydrogen-bond donors (Lipinski definition) is 1. The number of carbonyl (C=O) groups is 4. The fourth-order valence-corrected chi connectivity index (χ4v) is 5.39. The number of ether oxygens (including phenoxy) is 1. The van der Waals surface area contributed by atoms with Crippen molar-refractivity contribution in [2.75, 3.05) is 57.4 Å². The monoisotopic (exact) mass is 499 g/mol. The first kappa shape index (κ1) is 25.8. The van der Waals surface area contributed by atoms with Gasteiger partial charge in [0.25, 0.3) is 5.91 Å². The number of nitrogens with one attached hydrogen (secondary N) is 1. The highest BCUT2D eigenvalue weighted by Gasteiger charge is 2.54. The Kier molecular flexibility index (Phi) is 8.01. The van der Waals surface area contributed by atoms with Crippen molar-refractivity contribution in [2.24, 2.45) is 5.92 Å². The SMILES string of the molecule is CCOC(=O)CNC(=O)N1CCC2(CC1)C(=O)N(CC(=O)N1CCC(C)CC1)CN2c1ccccc1. The van der Waals surface area contributed by atoms with E-state index in [2.05, 4.69) is 17.1 Å². The number of nitrogens with zero attached hydrogens (tertiary/aromatic N) is 4. The van der Waals surface area contributed by atoms with Crippen molar-refractivity contribution in [3.05, 3.63) is 30.3 Å². The van der Waals surface area contributed by atoms with Crippen LogP contribution in [-0.2, 0) is 19.1 Å². The van der Waals surface area contributed by atoms with E-state index in [1.165, 1.54) is 0 Å². The minimum absolute atomic E-state index is 0.00362. The summed E-state index contributed by atoms with van der Waals surface area (Å²) in [6.07, 6.45) is 2.88. The van der Waals surface area contributed by atoms with Crippen molar-refractivity contribution in [3.8, 4) is 0 Å². The molecule has 3 heterocycles. The van der Waals surface area contributed by atoms with Gasteiger partial charge in [0.05, 0.1) is 13.3 Å². The van der Waals surface area contributed by atoms with Gasteiger partial charge in [-0.05, 0) is 50.7 Å². The standard InChI is InChI=1S/C26H37N5O5/c1-3-36-23(33)17-27-25(35)29-15-11-26(12-16-29)24(34)30(19-31(26)21-7-5-4-6-8-21)18-22(32)28-13-9-20(2)10-14-28/h4-8,20H,3,9-19H2,1-2H3,(H,27,35). The van der Waals surface area contributed by atoms with Gasteiger partial charge < -0.3 is 29.7 Å². The molecule has 3 fully saturated rings. The number of amides is 4. The summed E-state index contributed by atoms with van der Waals surface area (Å²) in [4.78, 5) is 58.3. The van der Waals surface area contributed by atoms with Gasteiger partial charge >= 0.3 is 12.0 Å². The highest BCUT2D eigenvalue weighted by molar-refractivity contribution is 5.96. The Bertz CT molecular complexity index is 955. The van der Waals surface area contributed by atoms with E-state index in [-0.39, 0.29) is 37.5 Å². The van der Waals surface area contributed by atoms with E-state index < -0.39 is 11.5 Å². The van der Waals surface area contributed by atoms with E-state index in [0.717, 1.165) is 31.6 Å². The summed E-state index contributed by atoms with van der Waals surface area (Å²) in [7, 11) is 0. The average molecular weight is 500 g/mol. The molecule has 1 aromatic rings. The van der Waals surface area contributed by atoms with E-state index >= 15 is 0 Å². The Morgan fingerprint density at radius 1 is 1.03 bits per heavy atom.